The van der Waals surface area contributed by atoms with E-state index in [-0.39, 0.29) is 5.91 Å². The van der Waals surface area contributed by atoms with Gasteiger partial charge in [0.2, 0.25) is 0 Å². The third-order valence-corrected chi connectivity index (χ3v) is 4.77. The van der Waals surface area contributed by atoms with Crippen molar-refractivity contribution in [3.05, 3.63) is 94.8 Å². The third kappa shape index (κ3) is 5.57. The Bertz CT molecular complexity index is 897. The molecule has 0 atom stereocenters. The minimum atomic E-state index is -0.0623. The summed E-state index contributed by atoms with van der Waals surface area (Å²) in [6.45, 7) is 3.95. The summed E-state index contributed by atoms with van der Waals surface area (Å²) >= 11 is 5.92. The van der Waals surface area contributed by atoms with Crippen LogP contribution in [0, 0.1) is 0 Å². The van der Waals surface area contributed by atoms with Crippen molar-refractivity contribution in [2.75, 3.05) is 18.4 Å². The standard InChI is InChI=1S/C23H24ClN3O/c1-2-27(17-19-6-4-3-5-7-19)23(28)22-16-21(13-15-26-22)25-14-12-18-8-10-20(24)11-9-18/h3-11,13,15-16H,2,12,14,17H2,1H3,(H,25,26). The Morgan fingerprint density at radius 2 is 1.79 bits per heavy atom. The van der Waals surface area contributed by atoms with Gasteiger partial charge >= 0.3 is 0 Å². The van der Waals surface area contributed by atoms with E-state index in [0.29, 0.717) is 18.8 Å². The Morgan fingerprint density at radius 1 is 1.04 bits per heavy atom. The molecular weight excluding hydrogens is 370 g/mol. The van der Waals surface area contributed by atoms with Crippen molar-refractivity contribution in [2.45, 2.75) is 19.9 Å². The molecule has 5 heteroatoms. The molecule has 0 fully saturated rings. The number of rotatable bonds is 8. The number of nitrogens with one attached hydrogen (secondary N) is 1. The van der Waals surface area contributed by atoms with Crippen LogP contribution in [0.2, 0.25) is 5.02 Å². The van der Waals surface area contributed by atoms with Crippen molar-refractivity contribution in [2.24, 2.45) is 0 Å². The molecule has 0 unspecified atom stereocenters. The van der Waals surface area contributed by atoms with E-state index in [1.165, 1.54) is 5.56 Å². The van der Waals surface area contributed by atoms with Crippen molar-refractivity contribution < 1.29 is 4.79 Å². The van der Waals surface area contributed by atoms with E-state index >= 15 is 0 Å². The summed E-state index contributed by atoms with van der Waals surface area (Å²) in [4.78, 5) is 19.0. The highest BCUT2D eigenvalue weighted by atomic mass is 35.5. The number of hydrogen-bond acceptors (Lipinski definition) is 3. The van der Waals surface area contributed by atoms with Crippen LogP contribution in [-0.4, -0.2) is 28.9 Å². The molecule has 144 valence electrons. The second-order valence-corrected chi connectivity index (χ2v) is 6.97. The summed E-state index contributed by atoms with van der Waals surface area (Å²) in [5.74, 6) is -0.0623. The van der Waals surface area contributed by atoms with Crippen molar-refractivity contribution in [3.63, 3.8) is 0 Å². The molecule has 28 heavy (non-hydrogen) atoms. The minimum absolute atomic E-state index is 0.0623. The predicted molar refractivity (Wildman–Crippen MR) is 115 cm³/mol. The lowest BCUT2D eigenvalue weighted by Crippen LogP contribution is -2.31. The number of pyridine rings is 1. The van der Waals surface area contributed by atoms with Crippen LogP contribution in [0.3, 0.4) is 0 Å². The number of carbonyl (C=O) groups excluding carboxylic acids is 1. The number of benzene rings is 2. The van der Waals surface area contributed by atoms with Crippen LogP contribution in [0.25, 0.3) is 0 Å². The van der Waals surface area contributed by atoms with E-state index in [4.69, 9.17) is 11.6 Å². The van der Waals surface area contributed by atoms with E-state index in [0.717, 1.165) is 29.2 Å². The zero-order valence-corrected chi connectivity index (χ0v) is 16.7. The van der Waals surface area contributed by atoms with Crippen LogP contribution < -0.4 is 5.32 Å². The Morgan fingerprint density at radius 3 is 2.50 bits per heavy atom. The first-order chi connectivity index (χ1) is 13.7. The Kier molecular flexibility index (Phi) is 7.04. The normalized spacial score (nSPS) is 10.5. The van der Waals surface area contributed by atoms with Gasteiger partial charge in [-0.15, -0.1) is 0 Å². The average molecular weight is 394 g/mol. The van der Waals surface area contributed by atoms with E-state index in [1.807, 2.05) is 73.7 Å². The summed E-state index contributed by atoms with van der Waals surface area (Å²) in [6, 6.07) is 21.5. The van der Waals surface area contributed by atoms with Gasteiger partial charge in [0.05, 0.1) is 0 Å². The van der Waals surface area contributed by atoms with Gasteiger partial charge in [-0.05, 0) is 48.7 Å². The van der Waals surface area contributed by atoms with Gasteiger partial charge in [-0.25, -0.2) is 0 Å². The number of carbonyl (C=O) groups is 1. The highest BCUT2D eigenvalue weighted by molar-refractivity contribution is 6.30. The van der Waals surface area contributed by atoms with Gasteiger partial charge in [0.25, 0.3) is 5.91 Å². The number of hydrogen-bond donors (Lipinski definition) is 1. The van der Waals surface area contributed by atoms with Crippen LogP contribution in [-0.2, 0) is 13.0 Å². The number of amides is 1. The quantitative estimate of drug-likeness (QED) is 0.582. The molecule has 1 heterocycles. The van der Waals surface area contributed by atoms with Gasteiger partial charge < -0.3 is 10.2 Å². The summed E-state index contributed by atoms with van der Waals surface area (Å²) < 4.78 is 0. The topological polar surface area (TPSA) is 45.2 Å². The molecule has 4 nitrogen and oxygen atoms in total. The second kappa shape index (κ2) is 9.90. The summed E-state index contributed by atoms with van der Waals surface area (Å²) in [5, 5.41) is 4.11. The number of nitrogens with zero attached hydrogens (tertiary/aromatic N) is 2. The van der Waals surface area contributed by atoms with E-state index < -0.39 is 0 Å². The molecule has 0 aliphatic heterocycles. The molecule has 3 rings (SSSR count). The molecule has 0 saturated heterocycles. The van der Waals surface area contributed by atoms with Crippen LogP contribution in [0.15, 0.2) is 72.9 Å². The summed E-state index contributed by atoms with van der Waals surface area (Å²) in [5.41, 5.74) is 3.66. The first-order valence-electron chi connectivity index (χ1n) is 9.43. The molecular formula is C23H24ClN3O. The predicted octanol–water partition coefficient (Wildman–Crippen LogP) is 5.05. The highest BCUT2D eigenvalue weighted by Crippen LogP contribution is 2.14. The van der Waals surface area contributed by atoms with Crippen LogP contribution in [0.1, 0.15) is 28.5 Å². The van der Waals surface area contributed by atoms with Crippen LogP contribution in [0.4, 0.5) is 5.69 Å². The first-order valence-corrected chi connectivity index (χ1v) is 9.81. The number of aromatic nitrogens is 1. The first kappa shape index (κ1) is 19.9. The monoisotopic (exact) mass is 393 g/mol. The fourth-order valence-corrected chi connectivity index (χ4v) is 3.08. The maximum absolute atomic E-state index is 12.9. The maximum Gasteiger partial charge on any atom is 0.272 e. The zero-order chi connectivity index (χ0) is 19.8. The molecule has 2 aromatic carbocycles. The van der Waals surface area contributed by atoms with Crippen molar-refractivity contribution in [1.82, 2.24) is 9.88 Å². The molecule has 0 aliphatic carbocycles. The molecule has 1 amide bonds. The van der Waals surface area contributed by atoms with Gasteiger partial charge in [-0.3, -0.25) is 9.78 Å². The lowest BCUT2D eigenvalue weighted by molar-refractivity contribution is 0.0746. The fourth-order valence-electron chi connectivity index (χ4n) is 2.95. The summed E-state index contributed by atoms with van der Waals surface area (Å²) in [6.07, 6.45) is 2.55. The minimum Gasteiger partial charge on any atom is -0.385 e. The summed E-state index contributed by atoms with van der Waals surface area (Å²) in [7, 11) is 0. The van der Waals surface area contributed by atoms with E-state index in [9.17, 15) is 4.79 Å². The van der Waals surface area contributed by atoms with Gasteiger partial charge in [0.1, 0.15) is 5.69 Å². The molecule has 0 spiro atoms. The zero-order valence-electron chi connectivity index (χ0n) is 15.9. The average Bonchev–Trinajstić information content (AvgIpc) is 2.74. The molecule has 1 aromatic heterocycles. The fraction of sp³-hybridized carbons (Fsp3) is 0.217. The smallest absolute Gasteiger partial charge is 0.272 e. The van der Waals surface area contributed by atoms with Crippen molar-refractivity contribution in [3.8, 4) is 0 Å². The Balaban J connectivity index is 1.60. The molecule has 1 N–H and O–H groups in total. The maximum atomic E-state index is 12.9. The van der Waals surface area contributed by atoms with E-state index in [1.54, 1.807) is 11.1 Å². The highest BCUT2D eigenvalue weighted by Gasteiger charge is 2.16. The van der Waals surface area contributed by atoms with Gasteiger partial charge in [0.15, 0.2) is 0 Å². The van der Waals surface area contributed by atoms with Crippen LogP contribution in [0.5, 0.6) is 0 Å². The molecule has 0 bridgehead atoms. The van der Waals surface area contributed by atoms with E-state index in [2.05, 4.69) is 10.3 Å². The van der Waals surface area contributed by atoms with Crippen molar-refractivity contribution >= 4 is 23.2 Å². The molecule has 0 saturated carbocycles. The third-order valence-electron chi connectivity index (χ3n) is 4.52. The Labute approximate surface area is 171 Å². The number of anilines is 1. The van der Waals surface area contributed by atoms with Gasteiger partial charge in [-0.2, -0.15) is 0 Å². The van der Waals surface area contributed by atoms with Gasteiger partial charge in [-0.1, -0.05) is 54.1 Å². The van der Waals surface area contributed by atoms with Crippen LogP contribution >= 0.6 is 11.6 Å². The largest absolute Gasteiger partial charge is 0.385 e. The number of halogens is 1. The van der Waals surface area contributed by atoms with Crippen molar-refractivity contribution in [1.29, 1.82) is 0 Å². The Hall–Kier alpha value is -2.85. The van der Waals surface area contributed by atoms with Gasteiger partial charge in [0, 0.05) is 36.5 Å². The second-order valence-electron chi connectivity index (χ2n) is 6.54. The SMILES string of the molecule is CCN(Cc1ccccc1)C(=O)c1cc(NCCc2ccc(Cl)cc2)ccn1. The molecule has 3 aromatic rings. The lowest BCUT2D eigenvalue weighted by atomic mass is 10.1. The molecule has 0 aliphatic rings. The molecule has 0 radical (unpaired) electrons. The lowest BCUT2D eigenvalue weighted by Gasteiger charge is -2.21.